The molecule has 21 heavy (non-hydrogen) atoms. The number of carbonyl (C=O) groups excluding carboxylic acids is 1. The van der Waals surface area contributed by atoms with Crippen LogP contribution in [0, 0.1) is 0 Å². The van der Waals surface area contributed by atoms with Crippen molar-refractivity contribution in [1.29, 1.82) is 0 Å². The number of hydrogen-bond donors (Lipinski definition) is 0. The molecule has 0 N–H and O–H groups in total. The van der Waals surface area contributed by atoms with Crippen molar-refractivity contribution in [3.8, 4) is 5.75 Å². The van der Waals surface area contributed by atoms with E-state index in [9.17, 15) is 13.6 Å². The zero-order valence-corrected chi connectivity index (χ0v) is 11.6. The molecule has 0 saturated heterocycles. The van der Waals surface area contributed by atoms with Gasteiger partial charge in [-0.3, -0.25) is 4.79 Å². The van der Waals surface area contributed by atoms with Gasteiger partial charge in [0.1, 0.15) is 11.6 Å². The minimum absolute atomic E-state index is 0.0361. The Balaban J connectivity index is 2.04. The summed E-state index contributed by atoms with van der Waals surface area (Å²) < 4.78 is 30.3. The molecule has 0 bridgehead atoms. The Bertz CT molecular complexity index is 594. The molecule has 1 aromatic carbocycles. The van der Waals surface area contributed by atoms with E-state index >= 15 is 0 Å². The third-order valence-electron chi connectivity index (χ3n) is 2.99. The highest BCUT2D eigenvalue weighted by atomic mass is 19.3. The Morgan fingerprint density at radius 2 is 2.05 bits per heavy atom. The first kappa shape index (κ1) is 15.2. The molecule has 0 aliphatic rings. The number of Topliss-reactive ketones (excluding diaryl/α,β-unsaturated/α-hetero) is 1. The van der Waals surface area contributed by atoms with Crippen LogP contribution in [0.2, 0.25) is 0 Å². The number of alkyl halides is 2. The summed E-state index contributed by atoms with van der Waals surface area (Å²) in [5.41, 5.74) is 0.447. The van der Waals surface area contributed by atoms with E-state index in [1.807, 2.05) is 17.7 Å². The number of halogens is 2. The number of ketones is 1. The van der Waals surface area contributed by atoms with Gasteiger partial charge in [0, 0.05) is 24.5 Å². The van der Waals surface area contributed by atoms with Gasteiger partial charge in [-0.25, -0.2) is 4.98 Å². The number of aryl methyl sites for hydroxylation is 1. The fourth-order valence-electron chi connectivity index (χ4n) is 2.02. The highest BCUT2D eigenvalue weighted by Gasteiger charge is 2.12. The predicted molar refractivity (Wildman–Crippen MR) is 73.6 cm³/mol. The van der Waals surface area contributed by atoms with Crippen LogP contribution in [0.1, 0.15) is 29.5 Å². The second-order valence-electron chi connectivity index (χ2n) is 4.54. The lowest BCUT2D eigenvalue weighted by atomic mass is 10.1. The summed E-state index contributed by atoms with van der Waals surface area (Å²) in [4.78, 5) is 16.3. The van der Waals surface area contributed by atoms with Gasteiger partial charge in [0.15, 0.2) is 5.78 Å². The molecule has 2 rings (SSSR count). The average Bonchev–Trinajstić information content (AvgIpc) is 2.86. The maximum absolute atomic E-state index is 12.2. The lowest BCUT2D eigenvalue weighted by Gasteiger charge is -2.07. The van der Waals surface area contributed by atoms with Gasteiger partial charge in [-0.2, -0.15) is 8.78 Å². The van der Waals surface area contributed by atoms with Gasteiger partial charge in [0.25, 0.3) is 0 Å². The number of carbonyl (C=O) groups is 1. The summed E-state index contributed by atoms with van der Waals surface area (Å²) in [6.45, 7) is -0.00928. The van der Waals surface area contributed by atoms with Crippen LogP contribution >= 0.6 is 0 Å². The number of ether oxygens (including phenoxy) is 1. The van der Waals surface area contributed by atoms with Crippen LogP contribution in [0.3, 0.4) is 0 Å². The Labute approximate surface area is 121 Å². The van der Waals surface area contributed by atoms with Gasteiger partial charge in [-0.05, 0) is 30.7 Å². The second kappa shape index (κ2) is 6.97. The fraction of sp³-hybridized carbons (Fsp3) is 0.333. The molecule has 1 heterocycles. The summed E-state index contributed by atoms with van der Waals surface area (Å²) in [7, 11) is 0. The summed E-state index contributed by atoms with van der Waals surface area (Å²) in [5.74, 6) is 0.631. The highest BCUT2D eigenvalue weighted by Crippen LogP contribution is 2.16. The predicted octanol–water partition coefficient (Wildman–Crippen LogP) is 3.32. The molecular weight excluding hydrogens is 278 g/mol. The van der Waals surface area contributed by atoms with Gasteiger partial charge in [0.2, 0.25) is 0 Å². The molecule has 2 aromatic rings. The lowest BCUT2D eigenvalue weighted by molar-refractivity contribution is -0.0498. The third kappa shape index (κ3) is 4.11. The van der Waals surface area contributed by atoms with Crippen LogP contribution in [-0.2, 0) is 13.0 Å². The number of rotatable bonds is 7. The van der Waals surface area contributed by atoms with E-state index in [1.165, 1.54) is 24.3 Å². The van der Waals surface area contributed by atoms with E-state index in [1.54, 1.807) is 6.20 Å². The second-order valence-corrected chi connectivity index (χ2v) is 4.54. The van der Waals surface area contributed by atoms with Gasteiger partial charge < -0.3 is 9.30 Å². The Kier molecular flexibility index (Phi) is 5.03. The van der Waals surface area contributed by atoms with Gasteiger partial charge in [-0.1, -0.05) is 6.92 Å². The maximum atomic E-state index is 12.2. The van der Waals surface area contributed by atoms with E-state index in [-0.39, 0.29) is 18.0 Å². The van der Waals surface area contributed by atoms with Gasteiger partial charge >= 0.3 is 6.61 Å². The number of nitrogens with zero attached hydrogens (tertiary/aromatic N) is 2. The van der Waals surface area contributed by atoms with Crippen molar-refractivity contribution < 1.29 is 18.3 Å². The smallest absolute Gasteiger partial charge is 0.387 e. The summed E-state index contributed by atoms with van der Waals surface area (Å²) in [6.07, 6.45) is 4.64. The van der Waals surface area contributed by atoms with Crippen LogP contribution in [0.5, 0.6) is 5.75 Å². The summed E-state index contributed by atoms with van der Waals surface area (Å²) in [6, 6.07) is 5.68. The molecule has 0 amide bonds. The minimum Gasteiger partial charge on any atom is -0.435 e. The van der Waals surface area contributed by atoms with E-state index in [2.05, 4.69) is 9.72 Å². The molecule has 0 saturated carbocycles. The van der Waals surface area contributed by atoms with Gasteiger partial charge in [-0.15, -0.1) is 0 Å². The van der Waals surface area contributed by atoms with E-state index in [0.29, 0.717) is 11.4 Å². The van der Waals surface area contributed by atoms with Crippen molar-refractivity contribution in [2.45, 2.75) is 32.9 Å². The molecule has 0 unspecified atom stereocenters. The standard InChI is InChI=1S/C15H16F2N2O2/c1-2-8-19-9-7-18-14(19)10-13(20)11-3-5-12(6-4-11)21-15(16)17/h3-7,9,15H,2,8,10H2,1H3. The fourth-order valence-corrected chi connectivity index (χ4v) is 2.02. The van der Waals surface area contributed by atoms with Gasteiger partial charge in [0.05, 0.1) is 6.42 Å². The monoisotopic (exact) mass is 294 g/mol. The number of aromatic nitrogens is 2. The van der Waals surface area contributed by atoms with Crippen LogP contribution < -0.4 is 4.74 Å². The number of imidazole rings is 1. The largest absolute Gasteiger partial charge is 0.435 e. The average molecular weight is 294 g/mol. The van der Waals surface area contributed by atoms with E-state index in [0.717, 1.165) is 13.0 Å². The molecule has 0 atom stereocenters. The van der Waals surface area contributed by atoms with Crippen LogP contribution in [0.25, 0.3) is 0 Å². The molecule has 112 valence electrons. The van der Waals surface area contributed by atoms with Crippen molar-refractivity contribution in [2.24, 2.45) is 0 Å². The first-order valence-corrected chi connectivity index (χ1v) is 6.68. The molecule has 0 aliphatic carbocycles. The Hall–Kier alpha value is -2.24. The molecule has 4 nitrogen and oxygen atoms in total. The third-order valence-corrected chi connectivity index (χ3v) is 2.99. The normalized spacial score (nSPS) is 10.9. The van der Waals surface area contributed by atoms with E-state index in [4.69, 9.17) is 0 Å². The number of hydrogen-bond acceptors (Lipinski definition) is 3. The molecule has 0 radical (unpaired) electrons. The van der Waals surface area contributed by atoms with Crippen LogP contribution in [0.4, 0.5) is 8.78 Å². The highest BCUT2D eigenvalue weighted by molar-refractivity contribution is 5.97. The topological polar surface area (TPSA) is 44.1 Å². The Morgan fingerprint density at radius 3 is 2.67 bits per heavy atom. The van der Waals surface area contributed by atoms with Crippen molar-refractivity contribution >= 4 is 5.78 Å². The summed E-state index contributed by atoms with van der Waals surface area (Å²) >= 11 is 0. The molecule has 0 spiro atoms. The van der Waals surface area contributed by atoms with Crippen LogP contribution in [0.15, 0.2) is 36.7 Å². The summed E-state index contributed by atoms with van der Waals surface area (Å²) in [5, 5.41) is 0. The van der Waals surface area contributed by atoms with Crippen molar-refractivity contribution in [1.82, 2.24) is 9.55 Å². The van der Waals surface area contributed by atoms with Crippen molar-refractivity contribution in [2.75, 3.05) is 0 Å². The number of benzene rings is 1. The zero-order chi connectivity index (χ0) is 15.2. The minimum atomic E-state index is -2.87. The molecular formula is C15H16F2N2O2. The molecule has 1 aromatic heterocycles. The molecule has 0 fully saturated rings. The molecule has 0 aliphatic heterocycles. The quantitative estimate of drug-likeness (QED) is 0.736. The lowest BCUT2D eigenvalue weighted by Crippen LogP contribution is -2.10. The maximum Gasteiger partial charge on any atom is 0.387 e. The van der Waals surface area contributed by atoms with Crippen LogP contribution in [-0.4, -0.2) is 21.9 Å². The van der Waals surface area contributed by atoms with Crippen molar-refractivity contribution in [3.63, 3.8) is 0 Å². The molecule has 6 heteroatoms. The van der Waals surface area contributed by atoms with Crippen molar-refractivity contribution in [3.05, 3.63) is 48.0 Å². The SMILES string of the molecule is CCCn1ccnc1CC(=O)c1ccc(OC(F)F)cc1. The first-order valence-electron chi connectivity index (χ1n) is 6.68. The zero-order valence-electron chi connectivity index (χ0n) is 11.6. The Morgan fingerprint density at radius 1 is 1.33 bits per heavy atom. The van der Waals surface area contributed by atoms with E-state index < -0.39 is 6.61 Å². The first-order chi connectivity index (χ1) is 10.1.